The van der Waals surface area contributed by atoms with Crippen molar-refractivity contribution >= 4 is 11.9 Å². The van der Waals surface area contributed by atoms with Crippen molar-refractivity contribution in [1.82, 2.24) is 0 Å². The summed E-state index contributed by atoms with van der Waals surface area (Å²) < 4.78 is 10.5. The van der Waals surface area contributed by atoms with Crippen molar-refractivity contribution in [3.8, 4) is 11.5 Å². The molecular weight excluding hydrogens is 284 g/mol. The Morgan fingerprint density at radius 1 is 1.14 bits per heavy atom. The zero-order valence-electron chi connectivity index (χ0n) is 12.3. The van der Waals surface area contributed by atoms with Gasteiger partial charge in [-0.25, -0.2) is 4.79 Å². The molecule has 5 heteroatoms. The van der Waals surface area contributed by atoms with Gasteiger partial charge in [-0.05, 0) is 36.2 Å². The van der Waals surface area contributed by atoms with Gasteiger partial charge in [-0.3, -0.25) is 4.79 Å². The lowest BCUT2D eigenvalue weighted by molar-refractivity contribution is -0.131. The molecule has 0 radical (unpaired) electrons. The molecule has 2 aromatic rings. The van der Waals surface area contributed by atoms with Gasteiger partial charge in [0.15, 0.2) is 0 Å². The van der Waals surface area contributed by atoms with E-state index in [2.05, 4.69) is 0 Å². The highest BCUT2D eigenvalue weighted by Gasteiger charge is 2.14. The fourth-order valence-corrected chi connectivity index (χ4v) is 1.94. The van der Waals surface area contributed by atoms with Crippen molar-refractivity contribution in [2.75, 3.05) is 0 Å². The van der Waals surface area contributed by atoms with Crippen molar-refractivity contribution in [2.45, 2.75) is 20.5 Å². The highest BCUT2D eigenvalue weighted by molar-refractivity contribution is 5.92. The molecule has 2 rings (SSSR count). The second kappa shape index (κ2) is 6.76. The van der Waals surface area contributed by atoms with Crippen molar-refractivity contribution in [3.63, 3.8) is 0 Å². The number of rotatable bonds is 5. The summed E-state index contributed by atoms with van der Waals surface area (Å²) in [5, 5.41) is 9.19. The number of ether oxygens (including phenoxy) is 2. The summed E-state index contributed by atoms with van der Waals surface area (Å²) in [5.74, 6) is -1.35. The van der Waals surface area contributed by atoms with Crippen LogP contribution in [0.15, 0.2) is 42.5 Å². The number of carboxylic acid groups (broad SMARTS) is 1. The van der Waals surface area contributed by atoms with Gasteiger partial charge in [0.2, 0.25) is 0 Å². The maximum Gasteiger partial charge on any atom is 0.339 e. The van der Waals surface area contributed by atoms with Gasteiger partial charge < -0.3 is 14.6 Å². The van der Waals surface area contributed by atoms with Gasteiger partial charge in [-0.15, -0.1) is 0 Å². The second-order valence-electron chi connectivity index (χ2n) is 4.77. The molecule has 0 bridgehead atoms. The van der Waals surface area contributed by atoms with Gasteiger partial charge in [0.05, 0.1) is 0 Å². The first-order chi connectivity index (χ1) is 10.5. The monoisotopic (exact) mass is 300 g/mol. The summed E-state index contributed by atoms with van der Waals surface area (Å²) in [7, 11) is 0. The number of carbonyl (C=O) groups excluding carboxylic acids is 1. The SMILES string of the molecule is CC(=O)Oc1ccc(OCc2ccccc2C)cc1C(=O)O. The summed E-state index contributed by atoms with van der Waals surface area (Å²) in [4.78, 5) is 22.2. The highest BCUT2D eigenvalue weighted by atomic mass is 16.5. The van der Waals surface area contributed by atoms with Crippen LogP contribution in [0.2, 0.25) is 0 Å². The quantitative estimate of drug-likeness (QED) is 0.678. The van der Waals surface area contributed by atoms with Crippen LogP contribution in [0.3, 0.4) is 0 Å². The standard InChI is InChI=1S/C17H16O5/c1-11-5-3-4-6-13(11)10-21-14-7-8-16(22-12(2)18)15(9-14)17(19)20/h3-9H,10H2,1-2H3,(H,19,20). The molecule has 22 heavy (non-hydrogen) atoms. The smallest absolute Gasteiger partial charge is 0.339 e. The van der Waals surface area contributed by atoms with E-state index in [9.17, 15) is 14.7 Å². The molecular formula is C17H16O5. The van der Waals surface area contributed by atoms with E-state index in [-0.39, 0.29) is 11.3 Å². The van der Waals surface area contributed by atoms with Crippen LogP contribution < -0.4 is 9.47 Å². The normalized spacial score (nSPS) is 10.1. The molecule has 0 aliphatic heterocycles. The molecule has 0 aliphatic rings. The summed E-state index contributed by atoms with van der Waals surface area (Å²) in [5.41, 5.74) is 2.00. The van der Waals surface area contributed by atoms with Crippen LogP contribution in [0.5, 0.6) is 11.5 Å². The Morgan fingerprint density at radius 2 is 1.86 bits per heavy atom. The number of aryl methyl sites for hydroxylation is 1. The summed E-state index contributed by atoms with van der Waals surface area (Å²) in [6, 6.07) is 12.1. The third-order valence-corrected chi connectivity index (χ3v) is 3.09. The van der Waals surface area contributed by atoms with E-state index in [4.69, 9.17) is 9.47 Å². The summed E-state index contributed by atoms with van der Waals surface area (Å²) in [6.45, 7) is 3.53. The average Bonchev–Trinajstić information content (AvgIpc) is 2.46. The van der Waals surface area contributed by atoms with Gasteiger partial charge in [-0.1, -0.05) is 24.3 Å². The number of carboxylic acids is 1. The maximum absolute atomic E-state index is 11.2. The van der Waals surface area contributed by atoms with E-state index in [1.807, 2.05) is 31.2 Å². The first-order valence-corrected chi connectivity index (χ1v) is 6.70. The zero-order valence-corrected chi connectivity index (χ0v) is 12.3. The minimum atomic E-state index is -1.18. The zero-order chi connectivity index (χ0) is 16.1. The van der Waals surface area contributed by atoms with Crippen LogP contribution in [-0.4, -0.2) is 17.0 Å². The third kappa shape index (κ3) is 3.85. The van der Waals surface area contributed by atoms with Crippen molar-refractivity contribution < 1.29 is 24.2 Å². The Balaban J connectivity index is 2.18. The molecule has 0 aromatic heterocycles. The van der Waals surface area contributed by atoms with Crippen LogP contribution in [0.4, 0.5) is 0 Å². The van der Waals surface area contributed by atoms with Crippen LogP contribution in [0, 0.1) is 6.92 Å². The molecule has 5 nitrogen and oxygen atoms in total. The van der Waals surface area contributed by atoms with E-state index < -0.39 is 11.9 Å². The van der Waals surface area contributed by atoms with E-state index in [1.54, 1.807) is 6.07 Å². The Kier molecular flexibility index (Phi) is 4.78. The van der Waals surface area contributed by atoms with E-state index in [1.165, 1.54) is 19.1 Å². The molecule has 0 fully saturated rings. The Morgan fingerprint density at radius 3 is 2.50 bits per heavy atom. The topological polar surface area (TPSA) is 72.8 Å². The number of aromatic carboxylic acids is 1. The highest BCUT2D eigenvalue weighted by Crippen LogP contribution is 2.25. The number of benzene rings is 2. The fraction of sp³-hybridized carbons (Fsp3) is 0.176. The fourth-order valence-electron chi connectivity index (χ4n) is 1.94. The summed E-state index contributed by atoms with van der Waals surface area (Å²) in [6.07, 6.45) is 0. The largest absolute Gasteiger partial charge is 0.489 e. The minimum Gasteiger partial charge on any atom is -0.489 e. The van der Waals surface area contributed by atoms with Crippen molar-refractivity contribution in [2.24, 2.45) is 0 Å². The predicted octanol–water partition coefficient (Wildman–Crippen LogP) is 3.20. The lowest BCUT2D eigenvalue weighted by Crippen LogP contribution is -2.08. The number of esters is 1. The minimum absolute atomic E-state index is 0.00300. The van der Waals surface area contributed by atoms with E-state index in [0.717, 1.165) is 11.1 Å². The maximum atomic E-state index is 11.2. The van der Waals surface area contributed by atoms with E-state index >= 15 is 0 Å². The molecule has 2 aromatic carbocycles. The van der Waals surface area contributed by atoms with Gasteiger partial charge in [-0.2, -0.15) is 0 Å². The second-order valence-corrected chi connectivity index (χ2v) is 4.77. The van der Waals surface area contributed by atoms with Gasteiger partial charge in [0.25, 0.3) is 0 Å². The van der Waals surface area contributed by atoms with Gasteiger partial charge in [0, 0.05) is 6.92 Å². The van der Waals surface area contributed by atoms with Crippen molar-refractivity contribution in [3.05, 3.63) is 59.2 Å². The van der Waals surface area contributed by atoms with E-state index in [0.29, 0.717) is 12.4 Å². The van der Waals surface area contributed by atoms with Gasteiger partial charge in [0.1, 0.15) is 23.7 Å². The first-order valence-electron chi connectivity index (χ1n) is 6.70. The lowest BCUT2D eigenvalue weighted by Gasteiger charge is -2.11. The molecule has 0 aliphatic carbocycles. The Labute approximate surface area is 128 Å². The molecule has 0 unspecified atom stereocenters. The molecule has 114 valence electrons. The Hall–Kier alpha value is -2.82. The molecule has 0 atom stereocenters. The molecule has 1 N–H and O–H groups in total. The van der Waals surface area contributed by atoms with Crippen LogP contribution in [-0.2, 0) is 11.4 Å². The van der Waals surface area contributed by atoms with Crippen LogP contribution in [0.1, 0.15) is 28.4 Å². The van der Waals surface area contributed by atoms with Gasteiger partial charge >= 0.3 is 11.9 Å². The molecule has 0 heterocycles. The van der Waals surface area contributed by atoms with Crippen LogP contribution in [0.25, 0.3) is 0 Å². The Bertz CT molecular complexity index is 706. The lowest BCUT2D eigenvalue weighted by atomic mass is 10.1. The summed E-state index contributed by atoms with van der Waals surface area (Å²) >= 11 is 0. The first kappa shape index (κ1) is 15.6. The third-order valence-electron chi connectivity index (χ3n) is 3.09. The average molecular weight is 300 g/mol. The number of hydrogen-bond donors (Lipinski definition) is 1. The van der Waals surface area contributed by atoms with Crippen molar-refractivity contribution in [1.29, 1.82) is 0 Å². The predicted molar refractivity (Wildman–Crippen MR) is 80.2 cm³/mol. The number of hydrogen-bond acceptors (Lipinski definition) is 4. The molecule has 0 saturated heterocycles. The number of carbonyl (C=O) groups is 2. The molecule has 0 amide bonds. The van der Waals surface area contributed by atoms with Crippen LogP contribution >= 0.6 is 0 Å². The molecule has 0 saturated carbocycles. The molecule has 0 spiro atoms.